The van der Waals surface area contributed by atoms with E-state index in [2.05, 4.69) is 5.32 Å². The lowest BCUT2D eigenvalue weighted by atomic mass is 10.1. The average Bonchev–Trinajstić information content (AvgIpc) is 3.07. The summed E-state index contributed by atoms with van der Waals surface area (Å²) in [6.45, 7) is 1.60. The molecule has 0 aliphatic carbocycles. The lowest BCUT2D eigenvalue weighted by Gasteiger charge is -2.13. The number of aryl methyl sites for hydroxylation is 1. The van der Waals surface area contributed by atoms with Crippen molar-refractivity contribution in [1.82, 2.24) is 4.90 Å². The van der Waals surface area contributed by atoms with Gasteiger partial charge in [0.15, 0.2) is 0 Å². The van der Waals surface area contributed by atoms with Gasteiger partial charge in [-0.2, -0.15) is 0 Å². The fraction of sp³-hybridized carbons (Fsp3) is 0.176. The molecule has 6 heteroatoms. The highest BCUT2D eigenvalue weighted by Crippen LogP contribution is 2.26. The van der Waals surface area contributed by atoms with Gasteiger partial charge in [0.05, 0.1) is 13.2 Å². The molecule has 2 amide bonds. The van der Waals surface area contributed by atoms with Gasteiger partial charge in [-0.3, -0.25) is 14.5 Å². The van der Waals surface area contributed by atoms with Crippen LogP contribution in [-0.2, 0) is 9.59 Å². The van der Waals surface area contributed by atoms with Gasteiger partial charge >= 0.3 is 0 Å². The minimum absolute atomic E-state index is 0.00887. The third-order valence-corrected chi connectivity index (χ3v) is 3.50. The summed E-state index contributed by atoms with van der Waals surface area (Å²) in [4.78, 5) is 24.8. The molecule has 0 bridgehead atoms. The predicted octanol–water partition coefficient (Wildman–Crippen LogP) is 1.91. The Morgan fingerprint density at radius 3 is 2.74 bits per heavy atom. The van der Waals surface area contributed by atoms with E-state index < -0.39 is 11.8 Å². The number of hydrogen-bond acceptors (Lipinski definition) is 5. The number of benzene rings is 1. The molecule has 23 heavy (non-hydrogen) atoms. The number of carbonyl (C=O) groups is 2. The number of β-amino-alcohol motifs (C(OH)–C–C–N with tert-alkyl or cyclic N) is 1. The number of nitrogens with one attached hydrogen (secondary N) is 1. The van der Waals surface area contributed by atoms with Gasteiger partial charge in [0.2, 0.25) is 0 Å². The maximum absolute atomic E-state index is 12.1. The molecular formula is C17H16N2O4. The second-order valence-electron chi connectivity index (χ2n) is 5.19. The van der Waals surface area contributed by atoms with Gasteiger partial charge < -0.3 is 14.8 Å². The van der Waals surface area contributed by atoms with Crippen molar-refractivity contribution in [2.24, 2.45) is 0 Å². The van der Waals surface area contributed by atoms with E-state index >= 15 is 0 Å². The summed E-state index contributed by atoms with van der Waals surface area (Å²) >= 11 is 0. The first-order chi connectivity index (χ1) is 11.1. The smallest absolute Gasteiger partial charge is 0.277 e. The first-order valence-corrected chi connectivity index (χ1v) is 7.21. The minimum atomic E-state index is -0.441. The van der Waals surface area contributed by atoms with Crippen molar-refractivity contribution >= 4 is 17.5 Å². The third kappa shape index (κ3) is 3.02. The van der Waals surface area contributed by atoms with E-state index in [0.717, 1.165) is 22.0 Å². The molecule has 1 aliphatic heterocycles. The zero-order valence-corrected chi connectivity index (χ0v) is 12.6. The van der Waals surface area contributed by atoms with Gasteiger partial charge in [0, 0.05) is 17.3 Å². The van der Waals surface area contributed by atoms with Crippen LogP contribution in [-0.4, -0.2) is 35.0 Å². The van der Waals surface area contributed by atoms with Gasteiger partial charge in [-0.15, -0.1) is 0 Å². The lowest BCUT2D eigenvalue weighted by molar-refractivity contribution is -0.137. The van der Waals surface area contributed by atoms with Gasteiger partial charge in [-0.05, 0) is 31.2 Å². The first-order valence-electron chi connectivity index (χ1n) is 7.21. The van der Waals surface area contributed by atoms with E-state index in [-0.39, 0.29) is 18.8 Å². The van der Waals surface area contributed by atoms with Crippen LogP contribution < -0.4 is 5.32 Å². The molecular weight excluding hydrogens is 296 g/mol. The number of nitrogens with zero attached hydrogens (tertiary/aromatic N) is 1. The highest BCUT2D eigenvalue weighted by atomic mass is 16.3. The van der Waals surface area contributed by atoms with Crippen molar-refractivity contribution in [2.45, 2.75) is 6.92 Å². The molecule has 118 valence electrons. The van der Waals surface area contributed by atoms with Crippen molar-refractivity contribution in [3.05, 3.63) is 53.9 Å². The van der Waals surface area contributed by atoms with Crippen LogP contribution >= 0.6 is 0 Å². The van der Waals surface area contributed by atoms with Crippen molar-refractivity contribution in [3.8, 4) is 11.3 Å². The maximum atomic E-state index is 12.1. The van der Waals surface area contributed by atoms with E-state index in [1.807, 2.05) is 37.3 Å². The second kappa shape index (κ2) is 6.10. The molecule has 0 saturated heterocycles. The summed E-state index contributed by atoms with van der Waals surface area (Å²) in [5, 5.41) is 11.9. The quantitative estimate of drug-likeness (QED) is 0.824. The van der Waals surface area contributed by atoms with Crippen LogP contribution in [0.25, 0.3) is 11.3 Å². The Hall–Kier alpha value is -2.86. The van der Waals surface area contributed by atoms with Crippen molar-refractivity contribution in [3.63, 3.8) is 0 Å². The predicted molar refractivity (Wildman–Crippen MR) is 84.4 cm³/mol. The molecule has 0 unspecified atom stereocenters. The van der Waals surface area contributed by atoms with E-state index in [1.165, 1.54) is 6.08 Å². The van der Waals surface area contributed by atoms with Gasteiger partial charge in [0.1, 0.15) is 17.2 Å². The van der Waals surface area contributed by atoms with Gasteiger partial charge in [0.25, 0.3) is 11.8 Å². The summed E-state index contributed by atoms with van der Waals surface area (Å²) in [5.41, 5.74) is 1.73. The number of amides is 2. The molecule has 0 atom stereocenters. The number of aliphatic hydroxyl groups is 1. The molecule has 2 heterocycles. The maximum Gasteiger partial charge on any atom is 0.277 e. The molecule has 2 N–H and O–H groups in total. The Kier molecular flexibility index (Phi) is 3.99. The Balaban J connectivity index is 1.80. The summed E-state index contributed by atoms with van der Waals surface area (Å²) in [6.07, 6.45) is 1.24. The minimum Gasteiger partial charge on any atom is -0.461 e. The topological polar surface area (TPSA) is 82.8 Å². The molecule has 2 aromatic rings. The summed E-state index contributed by atoms with van der Waals surface area (Å²) in [5.74, 6) is 0.681. The fourth-order valence-corrected chi connectivity index (χ4v) is 2.41. The number of furan rings is 1. The number of carbonyl (C=O) groups excluding carboxylic acids is 2. The van der Waals surface area contributed by atoms with E-state index in [0.29, 0.717) is 5.69 Å². The summed E-state index contributed by atoms with van der Waals surface area (Å²) in [7, 11) is 0. The standard InChI is InChI=1S/C17H16N2O4/c1-11-5-6-15(23-11)12-3-2-4-13(9-12)18-14-10-16(21)19(7-8-20)17(14)22/h2-6,9-10,18,20H,7-8H2,1H3. The zero-order chi connectivity index (χ0) is 16.4. The molecule has 0 radical (unpaired) electrons. The van der Waals surface area contributed by atoms with Gasteiger partial charge in [-0.1, -0.05) is 12.1 Å². The largest absolute Gasteiger partial charge is 0.461 e. The van der Waals surface area contributed by atoms with Crippen LogP contribution in [0, 0.1) is 6.92 Å². The molecule has 0 spiro atoms. The number of anilines is 1. The number of imide groups is 1. The summed E-state index contributed by atoms with van der Waals surface area (Å²) < 4.78 is 5.58. The van der Waals surface area contributed by atoms with E-state index in [1.54, 1.807) is 6.07 Å². The van der Waals surface area contributed by atoms with Crippen LogP contribution in [0.1, 0.15) is 5.76 Å². The van der Waals surface area contributed by atoms with Crippen molar-refractivity contribution in [2.75, 3.05) is 18.5 Å². The average molecular weight is 312 g/mol. The normalized spacial score (nSPS) is 14.3. The monoisotopic (exact) mass is 312 g/mol. The molecule has 3 rings (SSSR count). The SMILES string of the molecule is Cc1ccc(-c2cccc(NC3=CC(=O)N(CCO)C3=O)c2)o1. The number of aliphatic hydroxyl groups excluding tert-OH is 1. The molecule has 6 nitrogen and oxygen atoms in total. The zero-order valence-electron chi connectivity index (χ0n) is 12.6. The van der Waals surface area contributed by atoms with Gasteiger partial charge in [-0.25, -0.2) is 0 Å². The Morgan fingerprint density at radius 1 is 1.22 bits per heavy atom. The van der Waals surface area contributed by atoms with Crippen LogP contribution in [0.4, 0.5) is 5.69 Å². The number of rotatable bonds is 5. The Morgan fingerprint density at radius 2 is 2.04 bits per heavy atom. The van der Waals surface area contributed by atoms with Crippen LogP contribution in [0.15, 0.2) is 52.6 Å². The number of hydrogen-bond donors (Lipinski definition) is 2. The van der Waals surface area contributed by atoms with Crippen LogP contribution in [0.3, 0.4) is 0 Å². The molecule has 1 aromatic heterocycles. The second-order valence-corrected chi connectivity index (χ2v) is 5.19. The van der Waals surface area contributed by atoms with Crippen LogP contribution in [0.5, 0.6) is 0 Å². The van der Waals surface area contributed by atoms with Crippen molar-refractivity contribution in [1.29, 1.82) is 0 Å². The molecule has 1 aliphatic rings. The lowest BCUT2D eigenvalue weighted by Crippen LogP contribution is -2.34. The molecule has 0 fully saturated rings. The highest BCUT2D eigenvalue weighted by Gasteiger charge is 2.30. The molecule has 1 aromatic carbocycles. The Labute approximate surface area is 133 Å². The summed E-state index contributed by atoms with van der Waals surface area (Å²) in [6, 6.07) is 11.1. The fourth-order valence-electron chi connectivity index (χ4n) is 2.41. The van der Waals surface area contributed by atoms with Crippen LogP contribution in [0.2, 0.25) is 0 Å². The van der Waals surface area contributed by atoms with E-state index in [4.69, 9.17) is 9.52 Å². The highest BCUT2D eigenvalue weighted by molar-refractivity contribution is 6.17. The van der Waals surface area contributed by atoms with E-state index in [9.17, 15) is 9.59 Å². The first kappa shape index (κ1) is 15.1. The third-order valence-electron chi connectivity index (χ3n) is 3.50. The van der Waals surface area contributed by atoms with Crippen molar-refractivity contribution < 1.29 is 19.1 Å². The molecule has 0 saturated carbocycles. The Bertz CT molecular complexity index is 791.